The van der Waals surface area contributed by atoms with E-state index in [0.717, 1.165) is 31.9 Å². The first-order valence-electron chi connectivity index (χ1n) is 7.47. The molecule has 0 amide bonds. The van der Waals surface area contributed by atoms with Crippen molar-refractivity contribution in [3.63, 3.8) is 0 Å². The normalized spacial score (nSPS) is 16.6. The monoisotopic (exact) mass is 403 g/mol. The number of rotatable bonds is 2. The van der Waals surface area contributed by atoms with E-state index in [1.165, 1.54) is 9.13 Å². The Kier molecular flexibility index (Phi) is 5.49. The van der Waals surface area contributed by atoms with Gasteiger partial charge in [-0.2, -0.15) is 0 Å². The Hall–Kier alpha value is -1.35. The van der Waals surface area contributed by atoms with Gasteiger partial charge < -0.3 is 4.74 Å². The highest BCUT2D eigenvalue weighted by molar-refractivity contribution is 14.1. The van der Waals surface area contributed by atoms with Crippen LogP contribution in [0.25, 0.3) is 0 Å². The first-order chi connectivity index (χ1) is 10.8. The van der Waals surface area contributed by atoms with Crippen LogP contribution < -0.4 is 0 Å². The summed E-state index contributed by atoms with van der Waals surface area (Å²) in [6.45, 7) is 3.43. The Labute approximate surface area is 145 Å². The van der Waals surface area contributed by atoms with Crippen molar-refractivity contribution in [2.24, 2.45) is 0 Å². The van der Waals surface area contributed by atoms with E-state index in [1.807, 2.05) is 18.2 Å². The van der Waals surface area contributed by atoms with Gasteiger partial charge in [-0.25, -0.2) is 0 Å². The second kappa shape index (κ2) is 7.77. The van der Waals surface area contributed by atoms with E-state index in [4.69, 9.17) is 4.74 Å². The predicted octanol–water partition coefficient (Wildman–Crippen LogP) is 3.72. The van der Waals surface area contributed by atoms with Crippen LogP contribution in [0.1, 0.15) is 17.2 Å². The lowest BCUT2D eigenvalue weighted by Gasteiger charge is -2.31. The van der Waals surface area contributed by atoms with Crippen molar-refractivity contribution in [3.05, 3.63) is 69.3 Å². The second-order valence-electron chi connectivity index (χ2n) is 5.24. The van der Waals surface area contributed by atoms with Crippen molar-refractivity contribution < 1.29 is 4.74 Å². The Morgan fingerprint density at radius 2 is 1.77 bits per heavy atom. The van der Waals surface area contributed by atoms with Crippen LogP contribution in [0.3, 0.4) is 0 Å². The molecular formula is C19H18INO. The fraction of sp³-hybridized carbons (Fsp3) is 0.263. The molecule has 0 bridgehead atoms. The summed E-state index contributed by atoms with van der Waals surface area (Å²) in [6, 6.07) is 18.9. The topological polar surface area (TPSA) is 12.5 Å². The quantitative estimate of drug-likeness (QED) is 0.560. The van der Waals surface area contributed by atoms with Crippen molar-refractivity contribution in [2.45, 2.75) is 6.04 Å². The predicted molar refractivity (Wildman–Crippen MR) is 97.6 cm³/mol. The first kappa shape index (κ1) is 15.5. The molecule has 0 spiro atoms. The van der Waals surface area contributed by atoms with E-state index < -0.39 is 0 Å². The lowest BCUT2D eigenvalue weighted by molar-refractivity contribution is 0.0270. The van der Waals surface area contributed by atoms with Crippen LogP contribution >= 0.6 is 22.6 Å². The molecule has 1 unspecified atom stereocenters. The minimum Gasteiger partial charge on any atom is -0.379 e. The van der Waals surface area contributed by atoms with E-state index in [-0.39, 0.29) is 6.04 Å². The lowest BCUT2D eigenvalue weighted by atomic mass is 10.0. The molecule has 2 nitrogen and oxygen atoms in total. The summed E-state index contributed by atoms with van der Waals surface area (Å²) in [5, 5.41) is 0. The number of morpholine rings is 1. The standard InChI is InChI=1S/C19H18INO/c20-18-8-4-7-17(15-18)19(21-11-13-22-14-12-21)10-9-16-5-2-1-3-6-16/h1-8,15,19H,11-14H2. The molecule has 0 saturated carbocycles. The van der Waals surface area contributed by atoms with Crippen LogP contribution in [0, 0.1) is 15.4 Å². The van der Waals surface area contributed by atoms with Gasteiger partial charge in [0.1, 0.15) is 0 Å². The van der Waals surface area contributed by atoms with Gasteiger partial charge in [0.15, 0.2) is 0 Å². The van der Waals surface area contributed by atoms with Gasteiger partial charge in [-0.1, -0.05) is 42.2 Å². The van der Waals surface area contributed by atoms with Crippen LogP contribution in [0.2, 0.25) is 0 Å². The summed E-state index contributed by atoms with van der Waals surface area (Å²) in [5.41, 5.74) is 2.32. The molecule has 1 atom stereocenters. The van der Waals surface area contributed by atoms with Gasteiger partial charge in [0.2, 0.25) is 0 Å². The Bertz CT molecular complexity index is 669. The Balaban J connectivity index is 1.91. The van der Waals surface area contributed by atoms with E-state index in [1.54, 1.807) is 0 Å². The zero-order chi connectivity index (χ0) is 15.2. The molecule has 1 heterocycles. The van der Waals surface area contributed by atoms with Gasteiger partial charge >= 0.3 is 0 Å². The van der Waals surface area contributed by atoms with Gasteiger partial charge in [0.05, 0.1) is 19.3 Å². The largest absolute Gasteiger partial charge is 0.379 e. The van der Waals surface area contributed by atoms with Crippen LogP contribution in [-0.2, 0) is 4.74 Å². The number of ether oxygens (including phenoxy) is 1. The van der Waals surface area contributed by atoms with Crippen LogP contribution in [-0.4, -0.2) is 31.2 Å². The van der Waals surface area contributed by atoms with Crippen LogP contribution in [0.5, 0.6) is 0 Å². The summed E-state index contributed by atoms with van der Waals surface area (Å²) >= 11 is 2.36. The molecule has 1 aliphatic rings. The number of hydrogen-bond acceptors (Lipinski definition) is 2. The van der Waals surface area contributed by atoms with Crippen molar-refractivity contribution in [1.82, 2.24) is 4.90 Å². The zero-order valence-corrected chi connectivity index (χ0v) is 14.5. The Morgan fingerprint density at radius 3 is 2.50 bits per heavy atom. The third-order valence-corrected chi connectivity index (χ3v) is 4.37. The van der Waals surface area contributed by atoms with Crippen molar-refractivity contribution in [3.8, 4) is 11.8 Å². The SMILES string of the molecule is Ic1cccc(C(C#Cc2ccccc2)N2CCOCC2)c1. The van der Waals surface area contributed by atoms with Gasteiger partial charge in [-0.3, -0.25) is 4.90 Å². The number of halogens is 1. The molecule has 2 aromatic carbocycles. The van der Waals surface area contributed by atoms with Crippen molar-refractivity contribution in [2.75, 3.05) is 26.3 Å². The fourth-order valence-corrected chi connectivity index (χ4v) is 3.14. The molecule has 0 N–H and O–H groups in total. The fourth-order valence-electron chi connectivity index (χ4n) is 2.57. The molecule has 22 heavy (non-hydrogen) atoms. The maximum atomic E-state index is 5.48. The molecule has 3 rings (SSSR count). The third kappa shape index (κ3) is 4.10. The van der Waals surface area contributed by atoms with Gasteiger partial charge in [-0.05, 0) is 52.4 Å². The highest BCUT2D eigenvalue weighted by Crippen LogP contribution is 2.23. The molecule has 1 aliphatic heterocycles. The summed E-state index contributed by atoms with van der Waals surface area (Å²) in [5.74, 6) is 6.79. The first-order valence-corrected chi connectivity index (χ1v) is 8.55. The summed E-state index contributed by atoms with van der Waals surface area (Å²) < 4.78 is 6.73. The second-order valence-corrected chi connectivity index (χ2v) is 6.49. The van der Waals surface area contributed by atoms with Crippen LogP contribution in [0.4, 0.5) is 0 Å². The van der Waals surface area contributed by atoms with Crippen LogP contribution in [0.15, 0.2) is 54.6 Å². The number of benzene rings is 2. The molecule has 1 saturated heterocycles. The van der Waals surface area contributed by atoms with Gasteiger partial charge in [-0.15, -0.1) is 0 Å². The highest BCUT2D eigenvalue weighted by atomic mass is 127. The lowest BCUT2D eigenvalue weighted by Crippen LogP contribution is -2.38. The molecule has 0 radical (unpaired) electrons. The number of nitrogens with zero attached hydrogens (tertiary/aromatic N) is 1. The summed E-state index contributed by atoms with van der Waals surface area (Å²) in [4.78, 5) is 2.41. The minimum atomic E-state index is 0.124. The van der Waals surface area contributed by atoms with Crippen molar-refractivity contribution >= 4 is 22.6 Å². The van der Waals surface area contributed by atoms with E-state index >= 15 is 0 Å². The molecule has 0 aliphatic carbocycles. The van der Waals surface area contributed by atoms with E-state index in [2.05, 4.69) is 75.7 Å². The van der Waals surface area contributed by atoms with Gasteiger partial charge in [0, 0.05) is 22.2 Å². The molecule has 112 valence electrons. The zero-order valence-electron chi connectivity index (χ0n) is 12.3. The third-order valence-electron chi connectivity index (χ3n) is 3.70. The van der Waals surface area contributed by atoms with Gasteiger partial charge in [0.25, 0.3) is 0 Å². The maximum absolute atomic E-state index is 5.48. The molecular weight excluding hydrogens is 385 g/mol. The summed E-state index contributed by atoms with van der Waals surface area (Å²) in [6.07, 6.45) is 0. The average molecular weight is 403 g/mol. The Morgan fingerprint density at radius 1 is 1.00 bits per heavy atom. The van der Waals surface area contributed by atoms with E-state index in [0.29, 0.717) is 0 Å². The average Bonchev–Trinajstić information content (AvgIpc) is 2.57. The minimum absolute atomic E-state index is 0.124. The highest BCUT2D eigenvalue weighted by Gasteiger charge is 2.20. The number of hydrogen-bond donors (Lipinski definition) is 0. The maximum Gasteiger partial charge on any atom is 0.0976 e. The molecule has 1 fully saturated rings. The summed E-state index contributed by atoms with van der Waals surface area (Å²) in [7, 11) is 0. The van der Waals surface area contributed by atoms with Crippen molar-refractivity contribution in [1.29, 1.82) is 0 Å². The van der Waals surface area contributed by atoms with E-state index in [9.17, 15) is 0 Å². The molecule has 3 heteroatoms. The molecule has 2 aromatic rings. The smallest absolute Gasteiger partial charge is 0.0976 e. The molecule has 0 aromatic heterocycles.